The van der Waals surface area contributed by atoms with Crippen LogP contribution >= 0.6 is 0 Å². The molecule has 2 aromatic carbocycles. The van der Waals surface area contributed by atoms with Crippen LogP contribution in [-0.4, -0.2) is 26.6 Å². The van der Waals surface area contributed by atoms with Crippen LogP contribution < -0.4 is 9.62 Å². The van der Waals surface area contributed by atoms with Crippen LogP contribution in [0.2, 0.25) is 0 Å². The van der Waals surface area contributed by atoms with Crippen LogP contribution in [0.15, 0.2) is 48.5 Å². The quantitative estimate of drug-likeness (QED) is 0.739. The van der Waals surface area contributed by atoms with Gasteiger partial charge in [-0.2, -0.15) is 0 Å². The third-order valence-electron chi connectivity index (χ3n) is 4.19. The highest BCUT2D eigenvalue weighted by atomic mass is 32.2. The van der Waals surface area contributed by atoms with Crippen molar-refractivity contribution in [2.24, 2.45) is 0 Å². The summed E-state index contributed by atoms with van der Waals surface area (Å²) in [4.78, 5) is 12.6. The van der Waals surface area contributed by atoms with Crippen molar-refractivity contribution < 1.29 is 17.6 Å². The van der Waals surface area contributed by atoms with E-state index in [0.717, 1.165) is 35.9 Å². The van der Waals surface area contributed by atoms with Crippen molar-refractivity contribution >= 4 is 27.3 Å². The van der Waals surface area contributed by atoms with Gasteiger partial charge in [0.1, 0.15) is 11.9 Å². The van der Waals surface area contributed by atoms with Gasteiger partial charge in [0.25, 0.3) is 0 Å². The van der Waals surface area contributed by atoms with Crippen LogP contribution in [0.25, 0.3) is 0 Å². The van der Waals surface area contributed by atoms with Crippen molar-refractivity contribution in [3.63, 3.8) is 0 Å². The second kappa shape index (κ2) is 8.99. The SMILES string of the molecule is CCCCc1ccc(NC(=O)[C@@H](C)N(c2cccc(F)c2)S(C)(=O)=O)cc1. The molecule has 1 amide bonds. The maximum Gasteiger partial charge on any atom is 0.247 e. The average Bonchev–Trinajstić information content (AvgIpc) is 2.60. The zero-order chi connectivity index (χ0) is 20.0. The zero-order valence-electron chi connectivity index (χ0n) is 15.8. The number of anilines is 2. The zero-order valence-corrected chi connectivity index (χ0v) is 16.6. The Morgan fingerprint density at radius 3 is 2.41 bits per heavy atom. The van der Waals surface area contributed by atoms with Crippen molar-refractivity contribution in [3.05, 3.63) is 59.9 Å². The van der Waals surface area contributed by atoms with Crippen LogP contribution in [0.5, 0.6) is 0 Å². The van der Waals surface area contributed by atoms with E-state index in [1.54, 1.807) is 12.1 Å². The molecule has 2 aromatic rings. The highest BCUT2D eigenvalue weighted by Gasteiger charge is 2.29. The first kappa shape index (κ1) is 20.9. The van der Waals surface area contributed by atoms with Gasteiger partial charge in [0.05, 0.1) is 11.9 Å². The Bertz CT molecular complexity index is 882. The Morgan fingerprint density at radius 2 is 1.85 bits per heavy atom. The highest BCUT2D eigenvalue weighted by Crippen LogP contribution is 2.22. The fraction of sp³-hybridized carbons (Fsp3) is 0.350. The summed E-state index contributed by atoms with van der Waals surface area (Å²) < 4.78 is 38.9. The number of hydrogen-bond acceptors (Lipinski definition) is 3. The molecule has 7 heteroatoms. The van der Waals surface area contributed by atoms with Gasteiger partial charge in [-0.25, -0.2) is 12.8 Å². The number of carbonyl (C=O) groups is 1. The number of amides is 1. The molecule has 0 aromatic heterocycles. The van der Waals surface area contributed by atoms with Crippen molar-refractivity contribution in [2.75, 3.05) is 15.9 Å². The number of sulfonamides is 1. The lowest BCUT2D eigenvalue weighted by atomic mass is 10.1. The van der Waals surface area contributed by atoms with Crippen LogP contribution in [0, 0.1) is 5.82 Å². The van der Waals surface area contributed by atoms with E-state index in [2.05, 4.69) is 12.2 Å². The van der Waals surface area contributed by atoms with Crippen LogP contribution in [0.3, 0.4) is 0 Å². The van der Waals surface area contributed by atoms with E-state index in [9.17, 15) is 17.6 Å². The smallest absolute Gasteiger partial charge is 0.247 e. The first-order valence-corrected chi connectivity index (χ1v) is 10.7. The first-order valence-electron chi connectivity index (χ1n) is 8.87. The molecule has 146 valence electrons. The average molecular weight is 392 g/mol. The van der Waals surface area contributed by atoms with Gasteiger partial charge in [-0.1, -0.05) is 31.5 Å². The summed E-state index contributed by atoms with van der Waals surface area (Å²) >= 11 is 0. The maximum atomic E-state index is 13.5. The largest absolute Gasteiger partial charge is 0.324 e. The van der Waals surface area contributed by atoms with Crippen molar-refractivity contribution in [2.45, 2.75) is 39.2 Å². The van der Waals surface area contributed by atoms with Crippen LogP contribution in [-0.2, 0) is 21.2 Å². The number of nitrogens with zero attached hydrogens (tertiary/aromatic N) is 1. The predicted molar refractivity (Wildman–Crippen MR) is 107 cm³/mol. The highest BCUT2D eigenvalue weighted by molar-refractivity contribution is 7.92. The van der Waals surface area contributed by atoms with Gasteiger partial charge in [-0.15, -0.1) is 0 Å². The summed E-state index contributed by atoms with van der Waals surface area (Å²) in [6.45, 7) is 3.60. The molecule has 0 fully saturated rings. The van der Waals surface area contributed by atoms with Gasteiger partial charge in [-0.3, -0.25) is 9.10 Å². The Kier molecular flexibility index (Phi) is 6.96. The molecule has 0 aliphatic heterocycles. The molecular weight excluding hydrogens is 367 g/mol. The minimum atomic E-state index is -3.78. The fourth-order valence-corrected chi connectivity index (χ4v) is 3.97. The fourth-order valence-electron chi connectivity index (χ4n) is 2.80. The number of hydrogen-bond donors (Lipinski definition) is 1. The molecule has 0 saturated heterocycles. The second-order valence-electron chi connectivity index (χ2n) is 6.50. The molecule has 0 spiro atoms. The molecule has 0 aliphatic carbocycles. The molecule has 27 heavy (non-hydrogen) atoms. The van der Waals surface area contributed by atoms with Gasteiger partial charge < -0.3 is 5.32 Å². The maximum absolute atomic E-state index is 13.5. The van der Waals surface area contributed by atoms with E-state index in [1.807, 2.05) is 12.1 Å². The molecule has 0 radical (unpaired) electrons. The molecule has 5 nitrogen and oxygen atoms in total. The number of nitrogens with one attached hydrogen (secondary N) is 1. The Morgan fingerprint density at radius 1 is 1.19 bits per heavy atom. The first-order chi connectivity index (χ1) is 12.7. The van der Waals surface area contributed by atoms with Crippen molar-refractivity contribution in [1.82, 2.24) is 0 Å². The minimum absolute atomic E-state index is 0.107. The second-order valence-corrected chi connectivity index (χ2v) is 8.36. The molecule has 0 heterocycles. The number of halogens is 1. The summed E-state index contributed by atoms with van der Waals surface area (Å²) in [5, 5.41) is 2.72. The van der Waals surface area contributed by atoms with E-state index >= 15 is 0 Å². The van der Waals surface area contributed by atoms with E-state index in [4.69, 9.17) is 0 Å². The number of carbonyl (C=O) groups excluding carboxylic acids is 1. The van der Waals surface area contributed by atoms with Gasteiger partial charge in [0, 0.05) is 5.69 Å². The molecular formula is C20H25FN2O3S. The topological polar surface area (TPSA) is 66.5 Å². The third-order valence-corrected chi connectivity index (χ3v) is 5.43. The van der Waals surface area contributed by atoms with E-state index in [-0.39, 0.29) is 5.69 Å². The minimum Gasteiger partial charge on any atom is -0.324 e. The van der Waals surface area contributed by atoms with E-state index in [1.165, 1.54) is 30.7 Å². The number of benzene rings is 2. The lowest BCUT2D eigenvalue weighted by Gasteiger charge is -2.28. The molecule has 1 N–H and O–H groups in total. The van der Waals surface area contributed by atoms with Crippen LogP contribution in [0.4, 0.5) is 15.8 Å². The summed E-state index contributed by atoms with van der Waals surface area (Å²) in [5.74, 6) is -1.07. The van der Waals surface area contributed by atoms with Crippen molar-refractivity contribution in [3.8, 4) is 0 Å². The number of rotatable bonds is 8. The number of unbranched alkanes of at least 4 members (excludes halogenated alkanes) is 1. The van der Waals surface area contributed by atoms with E-state index in [0.29, 0.717) is 5.69 Å². The van der Waals surface area contributed by atoms with Gasteiger partial charge in [-0.05, 0) is 55.7 Å². The summed E-state index contributed by atoms with van der Waals surface area (Å²) in [6, 6.07) is 11.6. The van der Waals surface area contributed by atoms with Gasteiger partial charge in [0.15, 0.2) is 0 Å². The lowest BCUT2D eigenvalue weighted by molar-refractivity contribution is -0.116. The standard InChI is InChI=1S/C20H25FN2O3S/c1-4-5-7-16-10-12-18(13-11-16)22-20(24)15(2)23(27(3,25)26)19-9-6-8-17(21)14-19/h6,8-15H,4-5,7H2,1-3H3,(H,22,24)/t15-/m1/s1. The van der Waals surface area contributed by atoms with Crippen LogP contribution in [0.1, 0.15) is 32.3 Å². The monoisotopic (exact) mass is 392 g/mol. The molecule has 0 aliphatic rings. The molecule has 0 bridgehead atoms. The van der Waals surface area contributed by atoms with E-state index < -0.39 is 27.8 Å². The third kappa shape index (κ3) is 5.79. The van der Waals surface area contributed by atoms with Gasteiger partial charge >= 0.3 is 0 Å². The molecule has 2 rings (SSSR count). The summed E-state index contributed by atoms with van der Waals surface area (Å²) in [7, 11) is -3.78. The molecule has 1 atom stereocenters. The summed E-state index contributed by atoms with van der Waals surface area (Å²) in [5.41, 5.74) is 1.87. The predicted octanol–water partition coefficient (Wildman–Crippen LogP) is 3.96. The van der Waals surface area contributed by atoms with Crippen molar-refractivity contribution in [1.29, 1.82) is 0 Å². The normalized spacial score (nSPS) is 12.4. The lowest BCUT2D eigenvalue weighted by Crippen LogP contribution is -2.45. The van der Waals surface area contributed by atoms with Gasteiger partial charge in [0.2, 0.25) is 15.9 Å². The molecule has 0 unspecified atom stereocenters. The Labute approximate surface area is 160 Å². The number of aryl methyl sites for hydroxylation is 1. The molecule has 0 saturated carbocycles. The Balaban J connectivity index is 2.17. The Hall–Kier alpha value is -2.41. The summed E-state index contributed by atoms with van der Waals surface area (Å²) in [6.07, 6.45) is 4.17.